The van der Waals surface area contributed by atoms with E-state index in [9.17, 15) is 4.79 Å². The molecule has 1 rings (SSSR count). The Kier molecular flexibility index (Phi) is 9.35. The molecule has 0 atom stereocenters. The average molecular weight is 297 g/mol. The molecule has 0 saturated carbocycles. The third-order valence-electron chi connectivity index (χ3n) is 2.56. The smallest absolute Gasteiger partial charge is 0.259 e. The minimum absolute atomic E-state index is 0.129. The van der Waals surface area contributed by atoms with Crippen molar-refractivity contribution in [1.82, 2.24) is 5.32 Å². The fraction of sp³-hybridized carbons (Fsp3) is 0.600. The Labute approximate surface area is 126 Å². The third kappa shape index (κ3) is 7.75. The zero-order chi connectivity index (χ0) is 15.3. The normalized spacial score (nSPS) is 10.6. The number of ether oxygens (including phenoxy) is 3. The first-order valence-corrected chi connectivity index (χ1v) is 7.28. The Morgan fingerprint density at radius 2 is 1.95 bits per heavy atom. The summed E-state index contributed by atoms with van der Waals surface area (Å²) in [6.07, 6.45) is 5.53. The van der Waals surface area contributed by atoms with E-state index in [1.54, 1.807) is 12.3 Å². The molecule has 0 aromatic carbocycles. The summed E-state index contributed by atoms with van der Waals surface area (Å²) in [5.74, 6) is -0.185. The lowest BCUT2D eigenvalue weighted by Crippen LogP contribution is -2.37. The molecule has 6 nitrogen and oxygen atoms in total. The van der Waals surface area contributed by atoms with Crippen molar-refractivity contribution >= 4 is 5.91 Å². The maximum absolute atomic E-state index is 11.9. The molecule has 0 aliphatic heterocycles. The standard InChI is InChI=1S/C15H24N2O4/c1-3-8-19-12-17-7-5-6-14(10-17)15(18)16-11-21-13-20-9-4-2/h5-7,10H,3-4,8-9,11-13H2,1-2H3/p+1. The molecule has 0 spiro atoms. The molecule has 6 heteroatoms. The summed E-state index contributed by atoms with van der Waals surface area (Å²) < 4.78 is 17.6. The molecule has 0 bridgehead atoms. The Morgan fingerprint density at radius 3 is 2.71 bits per heavy atom. The second-order valence-electron chi connectivity index (χ2n) is 4.52. The van der Waals surface area contributed by atoms with Crippen LogP contribution in [0.5, 0.6) is 0 Å². The summed E-state index contributed by atoms with van der Waals surface area (Å²) in [4.78, 5) is 11.9. The summed E-state index contributed by atoms with van der Waals surface area (Å²) in [5, 5.41) is 2.68. The van der Waals surface area contributed by atoms with Gasteiger partial charge in [-0.15, -0.1) is 0 Å². The van der Waals surface area contributed by atoms with Gasteiger partial charge in [-0.2, -0.15) is 4.57 Å². The van der Waals surface area contributed by atoms with Crippen LogP contribution in [0.1, 0.15) is 37.0 Å². The van der Waals surface area contributed by atoms with E-state index in [0.29, 0.717) is 25.5 Å². The van der Waals surface area contributed by atoms with Crippen LogP contribution in [0.25, 0.3) is 0 Å². The molecule has 1 heterocycles. The van der Waals surface area contributed by atoms with Gasteiger partial charge in [0.15, 0.2) is 12.4 Å². The predicted molar refractivity (Wildman–Crippen MR) is 77.4 cm³/mol. The van der Waals surface area contributed by atoms with E-state index in [2.05, 4.69) is 12.2 Å². The van der Waals surface area contributed by atoms with Crippen LogP contribution >= 0.6 is 0 Å². The molecule has 118 valence electrons. The monoisotopic (exact) mass is 297 g/mol. The molecular formula is C15H25N2O4+. The first kappa shape index (κ1) is 17.6. The Hall–Kier alpha value is -1.50. The molecule has 21 heavy (non-hydrogen) atoms. The van der Waals surface area contributed by atoms with Gasteiger partial charge in [0.05, 0.1) is 6.61 Å². The van der Waals surface area contributed by atoms with Crippen LogP contribution in [0.2, 0.25) is 0 Å². The van der Waals surface area contributed by atoms with E-state index >= 15 is 0 Å². The van der Waals surface area contributed by atoms with Crippen molar-refractivity contribution in [1.29, 1.82) is 0 Å². The van der Waals surface area contributed by atoms with E-state index in [-0.39, 0.29) is 19.4 Å². The van der Waals surface area contributed by atoms with Crippen molar-refractivity contribution < 1.29 is 23.6 Å². The number of nitrogens with one attached hydrogen (secondary N) is 1. The highest BCUT2D eigenvalue weighted by Crippen LogP contribution is 1.94. The molecule has 1 N–H and O–H groups in total. The van der Waals surface area contributed by atoms with Gasteiger partial charge in [-0.3, -0.25) is 4.79 Å². The second-order valence-corrected chi connectivity index (χ2v) is 4.52. The fourth-order valence-corrected chi connectivity index (χ4v) is 1.57. The lowest BCUT2D eigenvalue weighted by Gasteiger charge is -2.06. The highest BCUT2D eigenvalue weighted by atomic mass is 16.7. The molecule has 1 aromatic rings. The van der Waals surface area contributed by atoms with Gasteiger partial charge in [0.1, 0.15) is 19.1 Å². The number of aromatic nitrogens is 1. The number of carbonyl (C=O) groups excluding carboxylic acids is 1. The Balaban J connectivity index is 2.31. The van der Waals surface area contributed by atoms with Gasteiger partial charge in [0.25, 0.3) is 12.6 Å². The first-order chi connectivity index (χ1) is 10.3. The summed E-state index contributed by atoms with van der Waals surface area (Å²) in [5.41, 5.74) is 0.565. The van der Waals surface area contributed by atoms with Gasteiger partial charge in [-0.05, 0) is 18.9 Å². The van der Waals surface area contributed by atoms with Crippen LogP contribution in [0.3, 0.4) is 0 Å². The quantitative estimate of drug-likeness (QED) is 0.381. The van der Waals surface area contributed by atoms with Crippen LogP contribution in [-0.4, -0.2) is 32.6 Å². The lowest BCUT2D eigenvalue weighted by molar-refractivity contribution is -0.732. The number of hydrogen-bond acceptors (Lipinski definition) is 4. The molecule has 0 radical (unpaired) electrons. The largest absolute Gasteiger partial charge is 0.355 e. The SMILES string of the molecule is CCCOCOCNC(=O)c1ccc[n+](COCCC)c1. The van der Waals surface area contributed by atoms with E-state index in [0.717, 1.165) is 12.8 Å². The van der Waals surface area contributed by atoms with E-state index in [4.69, 9.17) is 14.2 Å². The number of nitrogens with zero attached hydrogens (tertiary/aromatic N) is 1. The first-order valence-electron chi connectivity index (χ1n) is 7.28. The molecule has 0 saturated heterocycles. The molecule has 0 aliphatic rings. The number of pyridine rings is 1. The molecular weight excluding hydrogens is 272 g/mol. The summed E-state index contributed by atoms with van der Waals surface area (Å²) in [7, 11) is 0. The Bertz CT molecular complexity index is 412. The third-order valence-corrected chi connectivity index (χ3v) is 2.56. The van der Waals surface area contributed by atoms with Gasteiger partial charge < -0.3 is 19.5 Å². The highest BCUT2D eigenvalue weighted by molar-refractivity contribution is 5.93. The van der Waals surface area contributed by atoms with Crippen molar-refractivity contribution in [2.75, 3.05) is 26.7 Å². The van der Waals surface area contributed by atoms with Crippen molar-refractivity contribution in [3.05, 3.63) is 30.1 Å². The second kappa shape index (κ2) is 11.2. The molecule has 0 fully saturated rings. The van der Waals surface area contributed by atoms with Crippen molar-refractivity contribution in [2.45, 2.75) is 33.4 Å². The molecule has 0 unspecified atom stereocenters. The maximum Gasteiger partial charge on any atom is 0.259 e. The van der Waals surface area contributed by atoms with Crippen molar-refractivity contribution in [3.63, 3.8) is 0 Å². The van der Waals surface area contributed by atoms with Crippen molar-refractivity contribution in [3.8, 4) is 0 Å². The maximum atomic E-state index is 11.9. The molecule has 1 aromatic heterocycles. The highest BCUT2D eigenvalue weighted by Gasteiger charge is 2.10. The minimum atomic E-state index is -0.185. The fourth-order valence-electron chi connectivity index (χ4n) is 1.57. The zero-order valence-electron chi connectivity index (χ0n) is 12.8. The van der Waals surface area contributed by atoms with E-state index in [1.807, 2.05) is 23.8 Å². The average Bonchev–Trinajstić information content (AvgIpc) is 2.51. The van der Waals surface area contributed by atoms with E-state index < -0.39 is 0 Å². The van der Waals surface area contributed by atoms with Gasteiger partial charge in [-0.25, -0.2) is 0 Å². The summed E-state index contributed by atoms with van der Waals surface area (Å²) >= 11 is 0. The van der Waals surface area contributed by atoms with Gasteiger partial charge in [0.2, 0.25) is 0 Å². The Morgan fingerprint density at radius 1 is 1.19 bits per heavy atom. The minimum Gasteiger partial charge on any atom is -0.355 e. The summed E-state index contributed by atoms with van der Waals surface area (Å²) in [6.45, 7) is 6.20. The lowest BCUT2D eigenvalue weighted by atomic mass is 10.3. The number of amides is 1. The molecule has 0 aliphatic carbocycles. The van der Waals surface area contributed by atoms with Gasteiger partial charge in [0, 0.05) is 12.7 Å². The van der Waals surface area contributed by atoms with Gasteiger partial charge in [-0.1, -0.05) is 13.8 Å². The number of carbonyl (C=O) groups is 1. The van der Waals surface area contributed by atoms with Crippen LogP contribution in [-0.2, 0) is 20.9 Å². The predicted octanol–water partition coefficient (Wildman–Crippen LogP) is 1.45. The van der Waals surface area contributed by atoms with Crippen LogP contribution in [0, 0.1) is 0 Å². The number of rotatable bonds is 11. The molecule has 1 amide bonds. The van der Waals surface area contributed by atoms with Crippen molar-refractivity contribution in [2.24, 2.45) is 0 Å². The number of hydrogen-bond donors (Lipinski definition) is 1. The van der Waals surface area contributed by atoms with Gasteiger partial charge >= 0.3 is 0 Å². The van der Waals surface area contributed by atoms with Crippen LogP contribution in [0.4, 0.5) is 0 Å². The zero-order valence-corrected chi connectivity index (χ0v) is 12.8. The summed E-state index contributed by atoms with van der Waals surface area (Å²) in [6, 6.07) is 3.56. The van der Waals surface area contributed by atoms with Crippen LogP contribution < -0.4 is 9.88 Å². The van der Waals surface area contributed by atoms with E-state index in [1.165, 1.54) is 0 Å². The van der Waals surface area contributed by atoms with Crippen LogP contribution in [0.15, 0.2) is 24.5 Å². The topological polar surface area (TPSA) is 60.7 Å².